The lowest BCUT2D eigenvalue weighted by Crippen LogP contribution is -2.14. The van der Waals surface area contributed by atoms with Crippen molar-refractivity contribution in [2.75, 3.05) is 10.5 Å². The number of rotatable bonds is 3. The van der Waals surface area contributed by atoms with Crippen LogP contribution in [0.1, 0.15) is 5.56 Å². The molecule has 0 radical (unpaired) electrons. The van der Waals surface area contributed by atoms with E-state index in [0.29, 0.717) is 11.3 Å². The maximum absolute atomic E-state index is 12.3. The molecule has 0 aliphatic carbocycles. The number of hydrogen-bond acceptors (Lipinski definition) is 3. The van der Waals surface area contributed by atoms with Crippen molar-refractivity contribution in [3.63, 3.8) is 0 Å². The number of aryl methyl sites for hydroxylation is 1. The van der Waals surface area contributed by atoms with E-state index < -0.39 is 10.0 Å². The minimum absolute atomic E-state index is 0.0974. The number of halogens is 2. The van der Waals surface area contributed by atoms with Gasteiger partial charge in [0.25, 0.3) is 10.0 Å². The molecule has 0 aliphatic heterocycles. The Hall–Kier alpha value is -1.43. The van der Waals surface area contributed by atoms with E-state index >= 15 is 0 Å². The van der Waals surface area contributed by atoms with Crippen molar-refractivity contribution in [2.45, 2.75) is 11.8 Å². The van der Waals surface area contributed by atoms with Gasteiger partial charge in [0.05, 0.1) is 20.6 Å². The van der Waals surface area contributed by atoms with Crippen LogP contribution < -0.4 is 10.5 Å². The second-order valence-electron chi connectivity index (χ2n) is 4.22. The maximum atomic E-state index is 12.3. The highest BCUT2D eigenvalue weighted by Crippen LogP contribution is 2.32. The minimum atomic E-state index is -3.77. The number of hydrogen-bond donors (Lipinski definition) is 2. The van der Waals surface area contributed by atoms with Crippen molar-refractivity contribution in [2.24, 2.45) is 0 Å². The van der Waals surface area contributed by atoms with Crippen LogP contribution in [-0.2, 0) is 10.0 Å². The van der Waals surface area contributed by atoms with E-state index in [-0.39, 0.29) is 20.6 Å². The van der Waals surface area contributed by atoms with Crippen LogP contribution in [0.4, 0.5) is 11.4 Å². The van der Waals surface area contributed by atoms with Crippen LogP contribution in [0.5, 0.6) is 0 Å². The first kappa shape index (κ1) is 15.0. The monoisotopic (exact) mass is 330 g/mol. The van der Waals surface area contributed by atoms with Gasteiger partial charge in [-0.05, 0) is 42.8 Å². The van der Waals surface area contributed by atoms with Crippen LogP contribution in [0.25, 0.3) is 0 Å². The molecule has 0 saturated heterocycles. The van der Waals surface area contributed by atoms with Crippen LogP contribution in [0.2, 0.25) is 10.0 Å². The van der Waals surface area contributed by atoms with Crippen molar-refractivity contribution in [3.8, 4) is 0 Å². The fraction of sp³-hybridized carbons (Fsp3) is 0.0769. The summed E-state index contributed by atoms with van der Waals surface area (Å²) in [6.07, 6.45) is 0. The zero-order chi connectivity index (χ0) is 14.9. The molecule has 2 aromatic carbocycles. The van der Waals surface area contributed by atoms with E-state index in [1.165, 1.54) is 18.2 Å². The highest BCUT2D eigenvalue weighted by molar-refractivity contribution is 7.92. The van der Waals surface area contributed by atoms with E-state index in [0.717, 1.165) is 0 Å². The second-order valence-corrected chi connectivity index (χ2v) is 6.72. The lowest BCUT2D eigenvalue weighted by Gasteiger charge is -2.12. The molecule has 106 valence electrons. The van der Waals surface area contributed by atoms with Crippen molar-refractivity contribution >= 4 is 44.6 Å². The number of benzene rings is 2. The highest BCUT2D eigenvalue weighted by Gasteiger charge is 2.18. The number of nitrogens with one attached hydrogen (secondary N) is 1. The summed E-state index contributed by atoms with van der Waals surface area (Å²) in [5.74, 6) is 0. The number of sulfonamides is 1. The van der Waals surface area contributed by atoms with Gasteiger partial charge in [0, 0.05) is 5.69 Å². The molecular weight excluding hydrogens is 319 g/mol. The number of para-hydroxylation sites is 1. The van der Waals surface area contributed by atoms with Crippen LogP contribution >= 0.6 is 23.2 Å². The molecule has 3 N–H and O–H groups in total. The van der Waals surface area contributed by atoms with Gasteiger partial charge < -0.3 is 5.73 Å². The molecule has 0 saturated carbocycles. The molecule has 4 nitrogen and oxygen atoms in total. The van der Waals surface area contributed by atoms with Crippen molar-refractivity contribution in [3.05, 3.63) is 52.0 Å². The number of anilines is 2. The highest BCUT2D eigenvalue weighted by atomic mass is 35.5. The molecule has 0 heterocycles. The minimum Gasteiger partial charge on any atom is -0.399 e. The molecule has 0 bridgehead atoms. The molecule has 0 aliphatic rings. The lowest BCUT2D eigenvalue weighted by molar-refractivity contribution is 0.601. The van der Waals surface area contributed by atoms with E-state index in [1.807, 2.05) is 0 Å². The van der Waals surface area contributed by atoms with E-state index in [4.69, 9.17) is 28.9 Å². The third-order valence-corrected chi connectivity index (χ3v) is 4.73. The van der Waals surface area contributed by atoms with E-state index in [1.54, 1.807) is 25.1 Å². The molecule has 2 rings (SSSR count). The SMILES string of the molecule is Cc1cc(S(=O)(=O)Nc2c(Cl)cccc2Cl)ccc1N. The smallest absolute Gasteiger partial charge is 0.261 e. The third kappa shape index (κ3) is 3.00. The van der Waals surface area contributed by atoms with Crippen LogP contribution in [0.15, 0.2) is 41.3 Å². The molecule has 0 atom stereocenters. The fourth-order valence-electron chi connectivity index (χ4n) is 1.60. The molecule has 0 spiro atoms. The zero-order valence-corrected chi connectivity index (χ0v) is 12.9. The molecule has 2 aromatic rings. The topological polar surface area (TPSA) is 72.2 Å². The van der Waals surface area contributed by atoms with E-state index in [2.05, 4.69) is 4.72 Å². The van der Waals surface area contributed by atoms with Gasteiger partial charge in [0.2, 0.25) is 0 Å². The normalized spacial score (nSPS) is 11.3. The Morgan fingerprint density at radius 1 is 1.10 bits per heavy atom. The zero-order valence-electron chi connectivity index (χ0n) is 10.5. The molecule has 0 aromatic heterocycles. The van der Waals surface area contributed by atoms with Crippen LogP contribution in [0, 0.1) is 6.92 Å². The van der Waals surface area contributed by atoms with Crippen LogP contribution in [-0.4, -0.2) is 8.42 Å². The van der Waals surface area contributed by atoms with Crippen LogP contribution in [0.3, 0.4) is 0 Å². The third-order valence-electron chi connectivity index (χ3n) is 2.75. The van der Waals surface area contributed by atoms with Gasteiger partial charge in [-0.1, -0.05) is 29.3 Å². The van der Waals surface area contributed by atoms with Gasteiger partial charge in [-0.2, -0.15) is 0 Å². The van der Waals surface area contributed by atoms with Gasteiger partial charge in [0.15, 0.2) is 0 Å². The van der Waals surface area contributed by atoms with Gasteiger partial charge >= 0.3 is 0 Å². The Kier molecular flexibility index (Phi) is 4.13. The Morgan fingerprint density at radius 2 is 1.70 bits per heavy atom. The van der Waals surface area contributed by atoms with Crippen molar-refractivity contribution < 1.29 is 8.42 Å². The quantitative estimate of drug-likeness (QED) is 0.843. The summed E-state index contributed by atoms with van der Waals surface area (Å²) < 4.78 is 27.0. The molecule has 7 heteroatoms. The van der Waals surface area contributed by atoms with Crippen molar-refractivity contribution in [1.82, 2.24) is 0 Å². The Morgan fingerprint density at radius 3 is 2.25 bits per heavy atom. The predicted molar refractivity (Wildman–Crippen MR) is 82.9 cm³/mol. The largest absolute Gasteiger partial charge is 0.399 e. The molecular formula is C13H12Cl2N2O2S. The first-order valence-electron chi connectivity index (χ1n) is 5.64. The summed E-state index contributed by atoms with van der Waals surface area (Å²) >= 11 is 11.9. The summed E-state index contributed by atoms with van der Waals surface area (Å²) in [7, 11) is -3.77. The average molecular weight is 331 g/mol. The first-order chi connectivity index (χ1) is 9.31. The van der Waals surface area contributed by atoms with Crippen molar-refractivity contribution in [1.29, 1.82) is 0 Å². The Bertz CT molecular complexity index is 741. The maximum Gasteiger partial charge on any atom is 0.261 e. The summed E-state index contributed by atoms with van der Waals surface area (Å²) in [6, 6.07) is 9.20. The fourth-order valence-corrected chi connectivity index (χ4v) is 3.39. The predicted octanol–water partition coefficient (Wildman–Crippen LogP) is 3.68. The second kappa shape index (κ2) is 5.52. The Labute approximate surface area is 127 Å². The van der Waals surface area contributed by atoms with Gasteiger partial charge in [-0.15, -0.1) is 0 Å². The summed E-state index contributed by atoms with van der Waals surface area (Å²) in [6.45, 7) is 1.73. The molecule has 0 amide bonds. The number of nitrogen functional groups attached to an aromatic ring is 1. The number of nitrogens with two attached hydrogens (primary N) is 1. The summed E-state index contributed by atoms with van der Waals surface area (Å²) in [5.41, 5.74) is 7.04. The van der Waals surface area contributed by atoms with E-state index in [9.17, 15) is 8.42 Å². The summed E-state index contributed by atoms with van der Waals surface area (Å²) in [5, 5.41) is 0.460. The summed E-state index contributed by atoms with van der Waals surface area (Å²) in [4.78, 5) is 0.0974. The van der Waals surface area contributed by atoms with Gasteiger partial charge in [0.1, 0.15) is 0 Å². The average Bonchev–Trinajstić information content (AvgIpc) is 2.37. The molecule has 0 fully saturated rings. The van der Waals surface area contributed by atoms with Gasteiger partial charge in [-0.25, -0.2) is 8.42 Å². The Balaban J connectivity index is 2.43. The lowest BCUT2D eigenvalue weighted by atomic mass is 10.2. The van der Waals surface area contributed by atoms with Gasteiger partial charge in [-0.3, -0.25) is 4.72 Å². The first-order valence-corrected chi connectivity index (χ1v) is 7.88. The standard InChI is InChI=1S/C13H12Cl2N2O2S/c1-8-7-9(5-6-12(8)16)20(18,19)17-13-10(14)3-2-4-11(13)15/h2-7,17H,16H2,1H3. The molecule has 0 unspecified atom stereocenters. The molecule has 20 heavy (non-hydrogen) atoms.